The molecule has 0 spiro atoms. The van der Waals surface area contributed by atoms with E-state index in [1.54, 1.807) is 0 Å². The standard InChI is InChI=1S/C38H35N2/c1-3-38(4-2)25-24-30-22-23-31(27-34(30)35-19-9-10-26-39(35)38)40(36-20-11-15-28-13-5-7-17-32(28)36)37-21-12-16-29-14-6-8-18-33(29)37/h5-23,26-27H,3-4,24-25H2,1-2H3/q+1. The second-order valence-electron chi connectivity index (χ2n) is 11.1. The Morgan fingerprint density at radius 2 is 1.25 bits per heavy atom. The lowest BCUT2D eigenvalue weighted by Crippen LogP contribution is -2.56. The highest BCUT2D eigenvalue weighted by atomic mass is 15.1. The molecule has 0 unspecified atom stereocenters. The minimum absolute atomic E-state index is 0.140. The van der Waals surface area contributed by atoms with Gasteiger partial charge in [0.05, 0.1) is 16.9 Å². The van der Waals surface area contributed by atoms with Gasteiger partial charge in [-0.05, 0) is 53.1 Å². The molecule has 6 aromatic rings. The number of aryl methyl sites for hydroxylation is 1. The SMILES string of the molecule is CCC1(CC)CCc2ccc(N(c3cccc4ccccc34)c3cccc4ccccc34)cc2-c2cccc[n+]21. The van der Waals surface area contributed by atoms with Crippen LogP contribution in [0.5, 0.6) is 0 Å². The largest absolute Gasteiger partial charge is 0.309 e. The molecule has 0 saturated heterocycles. The smallest absolute Gasteiger partial charge is 0.213 e. The molecule has 5 aromatic carbocycles. The summed E-state index contributed by atoms with van der Waals surface area (Å²) in [4.78, 5) is 2.47. The van der Waals surface area contributed by atoms with Crippen LogP contribution in [-0.2, 0) is 12.0 Å². The quantitative estimate of drug-likeness (QED) is 0.206. The van der Waals surface area contributed by atoms with E-state index in [1.807, 2.05) is 0 Å². The van der Waals surface area contributed by atoms with Crippen molar-refractivity contribution in [3.8, 4) is 11.3 Å². The summed E-state index contributed by atoms with van der Waals surface area (Å²) in [6.45, 7) is 4.69. The van der Waals surface area contributed by atoms with Gasteiger partial charge in [0, 0.05) is 47.9 Å². The molecule has 40 heavy (non-hydrogen) atoms. The first kappa shape index (κ1) is 24.6. The fourth-order valence-corrected chi connectivity index (χ4v) is 6.88. The maximum Gasteiger partial charge on any atom is 0.213 e. The van der Waals surface area contributed by atoms with E-state index in [4.69, 9.17) is 0 Å². The summed E-state index contributed by atoms with van der Waals surface area (Å²) >= 11 is 0. The van der Waals surface area contributed by atoms with Crippen molar-refractivity contribution in [2.24, 2.45) is 0 Å². The molecule has 0 fully saturated rings. The highest BCUT2D eigenvalue weighted by Gasteiger charge is 2.40. The second-order valence-corrected chi connectivity index (χ2v) is 11.1. The first-order chi connectivity index (χ1) is 19.7. The molecular formula is C38H35N2+. The van der Waals surface area contributed by atoms with Crippen molar-refractivity contribution in [2.45, 2.75) is 45.1 Å². The van der Waals surface area contributed by atoms with E-state index in [9.17, 15) is 0 Å². The monoisotopic (exact) mass is 519 g/mol. The first-order valence-electron chi connectivity index (χ1n) is 14.6. The van der Waals surface area contributed by atoms with E-state index in [1.165, 1.54) is 55.4 Å². The average Bonchev–Trinajstić information content (AvgIpc) is 3.16. The van der Waals surface area contributed by atoms with Crippen molar-refractivity contribution in [3.63, 3.8) is 0 Å². The lowest BCUT2D eigenvalue weighted by molar-refractivity contribution is -0.757. The summed E-state index contributed by atoms with van der Waals surface area (Å²) < 4.78 is 2.57. The summed E-state index contributed by atoms with van der Waals surface area (Å²) in [7, 11) is 0. The Labute approximate surface area is 237 Å². The van der Waals surface area contributed by atoms with Gasteiger partial charge < -0.3 is 4.90 Å². The summed E-state index contributed by atoms with van der Waals surface area (Å²) in [5, 5.41) is 4.99. The Balaban J connectivity index is 1.51. The van der Waals surface area contributed by atoms with Crippen molar-refractivity contribution < 1.29 is 4.57 Å². The topological polar surface area (TPSA) is 7.12 Å². The van der Waals surface area contributed by atoms with E-state index in [0.29, 0.717) is 0 Å². The van der Waals surface area contributed by atoms with Gasteiger partial charge in [0.2, 0.25) is 5.69 Å². The normalized spacial score (nSPS) is 13.9. The van der Waals surface area contributed by atoms with Gasteiger partial charge in [-0.2, -0.15) is 4.57 Å². The van der Waals surface area contributed by atoms with E-state index in [2.05, 4.69) is 151 Å². The van der Waals surface area contributed by atoms with Gasteiger partial charge in [-0.15, -0.1) is 0 Å². The van der Waals surface area contributed by atoms with Crippen LogP contribution in [0, 0.1) is 0 Å². The molecule has 0 N–H and O–H groups in total. The molecule has 2 heteroatoms. The fourth-order valence-electron chi connectivity index (χ4n) is 6.88. The first-order valence-corrected chi connectivity index (χ1v) is 14.6. The predicted molar refractivity (Wildman–Crippen MR) is 169 cm³/mol. The van der Waals surface area contributed by atoms with Crippen molar-refractivity contribution in [1.29, 1.82) is 0 Å². The third-order valence-corrected chi connectivity index (χ3v) is 9.19. The Morgan fingerprint density at radius 1 is 0.650 bits per heavy atom. The van der Waals surface area contributed by atoms with Crippen LogP contribution in [0.1, 0.15) is 38.7 Å². The summed E-state index contributed by atoms with van der Waals surface area (Å²) in [5.74, 6) is 0. The number of aromatic nitrogens is 1. The number of pyridine rings is 1. The zero-order chi connectivity index (χ0) is 27.1. The van der Waals surface area contributed by atoms with Crippen molar-refractivity contribution in [2.75, 3.05) is 4.90 Å². The maximum absolute atomic E-state index is 2.57. The Morgan fingerprint density at radius 3 is 1.90 bits per heavy atom. The van der Waals surface area contributed by atoms with Crippen LogP contribution >= 0.6 is 0 Å². The van der Waals surface area contributed by atoms with E-state index >= 15 is 0 Å². The molecule has 0 amide bonds. The number of fused-ring (bicyclic) bond motifs is 5. The van der Waals surface area contributed by atoms with Gasteiger partial charge in [-0.25, -0.2) is 0 Å². The van der Waals surface area contributed by atoms with Crippen LogP contribution in [0.3, 0.4) is 0 Å². The Hall–Kier alpha value is -4.43. The molecule has 0 bridgehead atoms. The summed E-state index contributed by atoms with van der Waals surface area (Å²) in [6.07, 6.45) is 6.80. The molecule has 0 aliphatic carbocycles. The molecular weight excluding hydrogens is 484 g/mol. The van der Waals surface area contributed by atoms with E-state index in [0.717, 1.165) is 25.7 Å². The molecule has 0 saturated carbocycles. The van der Waals surface area contributed by atoms with Crippen LogP contribution in [0.2, 0.25) is 0 Å². The summed E-state index contributed by atoms with van der Waals surface area (Å²) in [6, 6.07) is 44.6. The fraction of sp³-hybridized carbons (Fsp3) is 0.184. The molecule has 0 atom stereocenters. The minimum atomic E-state index is 0.140. The number of anilines is 3. The molecule has 7 rings (SSSR count). The minimum Gasteiger partial charge on any atom is -0.309 e. The highest BCUT2D eigenvalue weighted by Crippen LogP contribution is 2.44. The third kappa shape index (κ3) is 3.90. The van der Waals surface area contributed by atoms with Crippen LogP contribution in [-0.4, -0.2) is 0 Å². The van der Waals surface area contributed by atoms with Crippen LogP contribution in [0.15, 0.2) is 128 Å². The Bertz CT molecular complexity index is 1760. The zero-order valence-corrected chi connectivity index (χ0v) is 23.3. The number of hydrogen-bond donors (Lipinski definition) is 0. The van der Waals surface area contributed by atoms with Crippen LogP contribution < -0.4 is 9.47 Å². The van der Waals surface area contributed by atoms with Gasteiger partial charge >= 0.3 is 0 Å². The van der Waals surface area contributed by atoms with Crippen LogP contribution in [0.25, 0.3) is 32.8 Å². The van der Waals surface area contributed by atoms with E-state index < -0.39 is 0 Å². The molecule has 1 aromatic heterocycles. The second kappa shape index (κ2) is 9.95. The predicted octanol–water partition coefficient (Wildman–Crippen LogP) is 9.88. The lowest BCUT2D eigenvalue weighted by Gasteiger charge is -2.28. The third-order valence-electron chi connectivity index (χ3n) is 9.19. The highest BCUT2D eigenvalue weighted by molar-refractivity contribution is 6.04. The number of benzene rings is 5. The lowest BCUT2D eigenvalue weighted by atomic mass is 9.86. The molecule has 2 heterocycles. The van der Waals surface area contributed by atoms with Crippen LogP contribution in [0.4, 0.5) is 17.1 Å². The maximum atomic E-state index is 2.57. The summed E-state index contributed by atoms with van der Waals surface area (Å²) in [5.41, 5.74) is 7.80. The van der Waals surface area contributed by atoms with Crippen molar-refractivity contribution in [1.82, 2.24) is 0 Å². The molecule has 1 aliphatic rings. The molecule has 1 aliphatic heterocycles. The van der Waals surface area contributed by atoms with Crippen molar-refractivity contribution in [3.05, 3.63) is 133 Å². The van der Waals surface area contributed by atoms with Gasteiger partial charge in [-0.3, -0.25) is 0 Å². The number of rotatable bonds is 5. The zero-order valence-electron chi connectivity index (χ0n) is 23.3. The number of hydrogen-bond acceptors (Lipinski definition) is 1. The Kier molecular flexibility index (Phi) is 6.12. The van der Waals surface area contributed by atoms with Gasteiger partial charge in [0.15, 0.2) is 11.7 Å². The molecule has 196 valence electrons. The van der Waals surface area contributed by atoms with Gasteiger partial charge in [0.25, 0.3) is 0 Å². The van der Waals surface area contributed by atoms with E-state index in [-0.39, 0.29) is 5.54 Å². The molecule has 2 nitrogen and oxygen atoms in total. The average molecular weight is 520 g/mol. The number of nitrogens with zero attached hydrogens (tertiary/aromatic N) is 2. The van der Waals surface area contributed by atoms with Gasteiger partial charge in [0.1, 0.15) is 0 Å². The van der Waals surface area contributed by atoms with Gasteiger partial charge in [-0.1, -0.05) is 92.7 Å². The van der Waals surface area contributed by atoms with Crippen molar-refractivity contribution >= 4 is 38.6 Å². The molecule has 0 radical (unpaired) electrons.